The molecule has 5 rings (SSSR count). The Kier molecular flexibility index (Phi) is 6.35. The van der Waals surface area contributed by atoms with Gasteiger partial charge in [-0.15, -0.1) is 0 Å². The van der Waals surface area contributed by atoms with E-state index in [-0.39, 0.29) is 11.8 Å². The molecule has 0 radical (unpaired) electrons. The monoisotopic (exact) mass is 456 g/mol. The van der Waals surface area contributed by atoms with Crippen LogP contribution in [0.2, 0.25) is 0 Å². The summed E-state index contributed by atoms with van der Waals surface area (Å²) in [4.78, 5) is 30.9. The molecule has 0 aliphatic carbocycles. The number of aliphatic hydroxyl groups is 1. The summed E-state index contributed by atoms with van der Waals surface area (Å²) in [5.74, 6) is 0. The highest BCUT2D eigenvalue weighted by atomic mass is 16.3. The van der Waals surface area contributed by atoms with Crippen molar-refractivity contribution in [2.75, 3.05) is 26.2 Å². The summed E-state index contributed by atoms with van der Waals surface area (Å²) in [6.45, 7) is 6.48. The molecule has 4 aromatic rings. The lowest BCUT2D eigenvalue weighted by atomic mass is 10.1. The third-order valence-electron chi connectivity index (χ3n) is 6.29. The smallest absolute Gasteiger partial charge is 0.260 e. The number of aliphatic hydroxyl groups excluding tert-OH is 1. The van der Waals surface area contributed by atoms with Gasteiger partial charge in [-0.1, -0.05) is 30.3 Å². The summed E-state index contributed by atoms with van der Waals surface area (Å²) in [6.07, 6.45) is 6.83. The SMILES string of the molecule is CC(O)N1CCN(Cc2ccc(/C=C/c3cc(-c4cc5c(=O)[nH]cnc5[nH]4)ccn3)cc2)CC1. The van der Waals surface area contributed by atoms with Crippen molar-refractivity contribution in [1.29, 1.82) is 0 Å². The predicted molar refractivity (Wildman–Crippen MR) is 134 cm³/mol. The molecule has 1 fully saturated rings. The van der Waals surface area contributed by atoms with Crippen LogP contribution in [0.5, 0.6) is 0 Å². The Labute approximate surface area is 197 Å². The first-order chi connectivity index (χ1) is 16.5. The molecule has 34 heavy (non-hydrogen) atoms. The highest BCUT2D eigenvalue weighted by Gasteiger charge is 2.19. The fourth-order valence-corrected chi connectivity index (χ4v) is 4.28. The standard InChI is InChI=1S/C26H28N6O2/c1-18(33)32-12-10-31(11-13-32)16-20-4-2-19(3-5-20)6-7-22-14-21(8-9-27-22)24-15-23-25(30-24)28-17-29-26(23)34/h2-9,14-15,17-18,33H,10-13,16H2,1H3,(H2,28,29,30,34)/b7-6+. The lowest BCUT2D eigenvalue weighted by molar-refractivity contribution is -0.0141. The molecule has 0 amide bonds. The van der Waals surface area contributed by atoms with E-state index in [4.69, 9.17) is 0 Å². The second-order valence-electron chi connectivity index (χ2n) is 8.67. The van der Waals surface area contributed by atoms with Gasteiger partial charge in [-0.25, -0.2) is 4.98 Å². The molecule has 8 nitrogen and oxygen atoms in total. The molecule has 0 bridgehead atoms. The van der Waals surface area contributed by atoms with Crippen LogP contribution >= 0.6 is 0 Å². The summed E-state index contributed by atoms with van der Waals surface area (Å²) < 4.78 is 0. The van der Waals surface area contributed by atoms with Crippen LogP contribution in [0.15, 0.2) is 59.8 Å². The van der Waals surface area contributed by atoms with Crippen molar-refractivity contribution >= 4 is 23.2 Å². The van der Waals surface area contributed by atoms with Crippen molar-refractivity contribution in [3.05, 3.63) is 82.2 Å². The molecular weight excluding hydrogens is 428 g/mol. The Balaban J connectivity index is 1.24. The molecule has 3 N–H and O–H groups in total. The molecule has 1 aliphatic rings. The van der Waals surface area contributed by atoms with Gasteiger partial charge in [0.15, 0.2) is 0 Å². The van der Waals surface area contributed by atoms with Crippen LogP contribution in [0, 0.1) is 0 Å². The van der Waals surface area contributed by atoms with E-state index in [1.54, 1.807) is 6.20 Å². The van der Waals surface area contributed by atoms with Gasteiger partial charge < -0.3 is 15.1 Å². The van der Waals surface area contributed by atoms with Crippen LogP contribution in [0.4, 0.5) is 0 Å². The molecule has 1 atom stereocenters. The van der Waals surface area contributed by atoms with Crippen molar-refractivity contribution in [2.45, 2.75) is 19.7 Å². The molecule has 8 heteroatoms. The van der Waals surface area contributed by atoms with E-state index in [0.717, 1.165) is 55.2 Å². The maximum atomic E-state index is 12.0. The Morgan fingerprint density at radius 1 is 1.06 bits per heavy atom. The molecule has 4 heterocycles. The van der Waals surface area contributed by atoms with Gasteiger partial charge in [0.1, 0.15) is 11.9 Å². The first-order valence-corrected chi connectivity index (χ1v) is 11.5. The molecule has 0 spiro atoms. The highest BCUT2D eigenvalue weighted by molar-refractivity contribution is 5.82. The van der Waals surface area contributed by atoms with Crippen molar-refractivity contribution in [2.24, 2.45) is 0 Å². The van der Waals surface area contributed by atoms with Gasteiger partial charge in [0, 0.05) is 50.2 Å². The molecule has 174 valence electrons. The number of hydrogen-bond acceptors (Lipinski definition) is 6. The minimum Gasteiger partial charge on any atom is -0.379 e. The van der Waals surface area contributed by atoms with Gasteiger partial charge in [-0.2, -0.15) is 0 Å². The van der Waals surface area contributed by atoms with Crippen LogP contribution in [0.1, 0.15) is 23.7 Å². The molecule has 1 unspecified atom stereocenters. The van der Waals surface area contributed by atoms with Crippen molar-refractivity contribution in [3.8, 4) is 11.3 Å². The number of nitrogens with zero attached hydrogens (tertiary/aromatic N) is 4. The third-order valence-corrected chi connectivity index (χ3v) is 6.29. The first-order valence-electron chi connectivity index (χ1n) is 11.5. The number of pyridine rings is 1. The van der Waals surface area contributed by atoms with Crippen LogP contribution in [-0.4, -0.2) is 67.2 Å². The highest BCUT2D eigenvalue weighted by Crippen LogP contribution is 2.22. The van der Waals surface area contributed by atoms with Crippen LogP contribution < -0.4 is 5.56 Å². The zero-order valence-electron chi connectivity index (χ0n) is 19.1. The number of nitrogens with one attached hydrogen (secondary N) is 2. The van der Waals surface area contributed by atoms with E-state index in [1.807, 2.05) is 31.2 Å². The second-order valence-corrected chi connectivity index (χ2v) is 8.67. The van der Waals surface area contributed by atoms with E-state index in [2.05, 4.69) is 60.1 Å². The van der Waals surface area contributed by atoms with Crippen molar-refractivity contribution in [1.82, 2.24) is 29.7 Å². The van der Waals surface area contributed by atoms with Crippen LogP contribution in [0.3, 0.4) is 0 Å². The fourth-order valence-electron chi connectivity index (χ4n) is 4.28. The number of aromatic nitrogens is 4. The number of rotatable bonds is 6. The first kappa shape index (κ1) is 22.2. The van der Waals surface area contributed by atoms with Gasteiger partial charge in [0.05, 0.1) is 17.4 Å². The maximum absolute atomic E-state index is 12.0. The number of H-pyrrole nitrogens is 2. The quantitative estimate of drug-likeness (QED) is 0.412. The van der Waals surface area contributed by atoms with Crippen LogP contribution in [-0.2, 0) is 6.54 Å². The average Bonchev–Trinajstić information content (AvgIpc) is 3.30. The summed E-state index contributed by atoms with van der Waals surface area (Å²) in [6, 6.07) is 14.3. The van der Waals surface area contributed by atoms with E-state index in [0.29, 0.717) is 11.0 Å². The molecule has 3 aromatic heterocycles. The van der Waals surface area contributed by atoms with Gasteiger partial charge >= 0.3 is 0 Å². The van der Waals surface area contributed by atoms with Crippen molar-refractivity contribution in [3.63, 3.8) is 0 Å². The molecule has 1 aliphatic heterocycles. The van der Waals surface area contributed by atoms with Gasteiger partial charge in [0.25, 0.3) is 5.56 Å². The Bertz CT molecular complexity index is 1350. The summed E-state index contributed by atoms with van der Waals surface area (Å²) in [5, 5.41) is 10.2. The second kappa shape index (κ2) is 9.72. The summed E-state index contributed by atoms with van der Waals surface area (Å²) in [5.41, 5.74) is 5.40. The van der Waals surface area contributed by atoms with Gasteiger partial charge in [0.2, 0.25) is 0 Å². The fraction of sp³-hybridized carbons (Fsp3) is 0.269. The Morgan fingerprint density at radius 2 is 1.85 bits per heavy atom. The number of benzene rings is 1. The zero-order chi connectivity index (χ0) is 23.5. The van der Waals surface area contributed by atoms with E-state index < -0.39 is 0 Å². The summed E-state index contributed by atoms with van der Waals surface area (Å²) >= 11 is 0. The number of hydrogen-bond donors (Lipinski definition) is 3. The maximum Gasteiger partial charge on any atom is 0.260 e. The van der Waals surface area contributed by atoms with E-state index in [9.17, 15) is 9.90 Å². The normalized spacial score (nSPS) is 16.4. The predicted octanol–water partition coefficient (Wildman–Crippen LogP) is 2.94. The minimum absolute atomic E-state index is 0.160. The van der Waals surface area contributed by atoms with Gasteiger partial charge in [-0.3, -0.25) is 19.6 Å². The molecular formula is C26H28N6O2. The number of piperazine rings is 1. The number of aromatic amines is 2. The average molecular weight is 457 g/mol. The van der Waals surface area contributed by atoms with E-state index >= 15 is 0 Å². The zero-order valence-corrected chi connectivity index (χ0v) is 19.1. The Hall–Kier alpha value is -3.59. The van der Waals surface area contributed by atoms with Gasteiger partial charge in [-0.05, 0) is 42.3 Å². The van der Waals surface area contributed by atoms with Crippen molar-refractivity contribution < 1.29 is 5.11 Å². The topological polar surface area (TPSA) is 101 Å². The van der Waals surface area contributed by atoms with Crippen LogP contribution in [0.25, 0.3) is 34.4 Å². The number of fused-ring (bicyclic) bond motifs is 1. The Morgan fingerprint density at radius 3 is 2.59 bits per heavy atom. The lowest BCUT2D eigenvalue weighted by Gasteiger charge is -2.36. The summed E-state index contributed by atoms with van der Waals surface area (Å²) in [7, 11) is 0. The minimum atomic E-state index is -0.368. The largest absolute Gasteiger partial charge is 0.379 e. The molecule has 1 aromatic carbocycles. The third kappa shape index (κ3) is 4.99. The molecule has 0 saturated carbocycles. The lowest BCUT2D eigenvalue weighted by Crippen LogP contribution is -2.49. The van der Waals surface area contributed by atoms with E-state index in [1.165, 1.54) is 11.9 Å². The molecule has 1 saturated heterocycles.